The van der Waals surface area contributed by atoms with E-state index in [0.717, 1.165) is 23.1 Å². The molecule has 124 valence electrons. The van der Waals surface area contributed by atoms with Gasteiger partial charge in [-0.15, -0.1) is 10.2 Å². The number of aromatic nitrogens is 4. The van der Waals surface area contributed by atoms with Crippen LogP contribution in [0.25, 0.3) is 11.4 Å². The second-order valence-electron chi connectivity index (χ2n) is 5.27. The highest BCUT2D eigenvalue weighted by molar-refractivity contribution is 7.99. The smallest absolute Gasteiger partial charge is 0.191 e. The zero-order valence-corrected chi connectivity index (χ0v) is 15.0. The predicted molar refractivity (Wildman–Crippen MR) is 96.6 cm³/mol. The molecule has 1 aromatic carbocycles. The zero-order valence-electron chi connectivity index (χ0n) is 13.4. The van der Waals surface area contributed by atoms with Gasteiger partial charge in [-0.3, -0.25) is 4.79 Å². The number of hydrogen-bond acceptors (Lipinski definition) is 4. The van der Waals surface area contributed by atoms with Gasteiger partial charge >= 0.3 is 0 Å². The summed E-state index contributed by atoms with van der Waals surface area (Å²) in [5.41, 5.74) is 1.65. The maximum atomic E-state index is 12.3. The summed E-state index contributed by atoms with van der Waals surface area (Å²) in [4.78, 5) is 12.3. The Morgan fingerprint density at radius 3 is 2.58 bits per heavy atom. The summed E-state index contributed by atoms with van der Waals surface area (Å²) in [5, 5.41) is 9.95. The Morgan fingerprint density at radius 1 is 1.21 bits per heavy atom. The Bertz CT molecular complexity index is 854. The van der Waals surface area contributed by atoms with Gasteiger partial charge in [0.25, 0.3) is 0 Å². The Morgan fingerprint density at radius 2 is 1.96 bits per heavy atom. The molecule has 5 nitrogen and oxygen atoms in total. The minimum Gasteiger partial charge on any atom is -0.348 e. The third-order valence-corrected chi connectivity index (χ3v) is 4.92. The van der Waals surface area contributed by atoms with Crippen LogP contribution in [-0.2, 0) is 13.6 Å². The number of nitrogens with zero attached hydrogens (tertiary/aromatic N) is 4. The fourth-order valence-electron chi connectivity index (χ4n) is 2.45. The van der Waals surface area contributed by atoms with Gasteiger partial charge in [-0.2, -0.15) is 0 Å². The molecule has 0 saturated heterocycles. The van der Waals surface area contributed by atoms with Crippen molar-refractivity contribution in [3.8, 4) is 11.4 Å². The molecular weight excluding hydrogens is 344 g/mol. The normalized spacial score (nSPS) is 11.0. The lowest BCUT2D eigenvalue weighted by Gasteiger charge is -2.07. The molecule has 0 radical (unpaired) electrons. The van der Waals surface area contributed by atoms with Gasteiger partial charge in [0.05, 0.1) is 11.4 Å². The lowest BCUT2D eigenvalue weighted by molar-refractivity contribution is 0.101. The van der Waals surface area contributed by atoms with E-state index in [9.17, 15) is 4.79 Å². The van der Waals surface area contributed by atoms with E-state index in [0.29, 0.717) is 16.5 Å². The third-order valence-electron chi connectivity index (χ3n) is 3.70. The van der Waals surface area contributed by atoms with Crippen LogP contribution in [0.1, 0.15) is 17.4 Å². The third kappa shape index (κ3) is 3.39. The van der Waals surface area contributed by atoms with Crippen molar-refractivity contribution in [3.63, 3.8) is 0 Å². The fraction of sp³-hybridized carbons (Fsp3) is 0.235. The van der Waals surface area contributed by atoms with E-state index in [2.05, 4.69) is 10.2 Å². The number of carbonyl (C=O) groups is 1. The molecule has 3 rings (SSSR count). The highest BCUT2D eigenvalue weighted by Gasteiger charge is 2.16. The molecule has 0 saturated carbocycles. The number of hydrogen-bond donors (Lipinski definition) is 0. The highest BCUT2D eigenvalue weighted by Crippen LogP contribution is 2.25. The summed E-state index contributed by atoms with van der Waals surface area (Å²) in [6.07, 6.45) is 1.87. The maximum Gasteiger partial charge on any atom is 0.191 e. The number of aryl methyl sites for hydroxylation is 1. The van der Waals surface area contributed by atoms with Crippen molar-refractivity contribution < 1.29 is 4.79 Å². The van der Waals surface area contributed by atoms with Gasteiger partial charge in [0.2, 0.25) is 0 Å². The van der Waals surface area contributed by atoms with E-state index >= 15 is 0 Å². The number of thioether (sulfide) groups is 1. The fourth-order valence-corrected chi connectivity index (χ4v) is 3.45. The second kappa shape index (κ2) is 7.23. The number of benzene rings is 1. The first-order chi connectivity index (χ1) is 11.6. The topological polar surface area (TPSA) is 52.7 Å². The minimum absolute atomic E-state index is 0.0752. The first-order valence-electron chi connectivity index (χ1n) is 7.56. The van der Waals surface area contributed by atoms with Crippen molar-refractivity contribution in [2.24, 2.45) is 7.05 Å². The first kappa shape index (κ1) is 16.8. The molecule has 0 N–H and O–H groups in total. The van der Waals surface area contributed by atoms with Crippen molar-refractivity contribution in [1.29, 1.82) is 0 Å². The van der Waals surface area contributed by atoms with Gasteiger partial charge in [-0.25, -0.2) is 0 Å². The van der Waals surface area contributed by atoms with Crippen molar-refractivity contribution in [2.75, 3.05) is 5.75 Å². The van der Waals surface area contributed by atoms with Gasteiger partial charge < -0.3 is 9.13 Å². The Kier molecular flexibility index (Phi) is 5.06. The zero-order chi connectivity index (χ0) is 17.1. The van der Waals surface area contributed by atoms with Gasteiger partial charge in [0.15, 0.2) is 16.8 Å². The Balaban J connectivity index is 1.78. The summed E-state index contributed by atoms with van der Waals surface area (Å²) in [5.74, 6) is 1.19. The standard InChI is InChI=1S/C17H17ClN4OS/c1-3-22-16(12-6-8-13(18)9-7-12)19-20-17(22)24-11-15(23)14-5-4-10-21(14)2/h4-10H,3,11H2,1-2H3. The molecule has 0 fully saturated rings. The van der Waals surface area contributed by atoms with Crippen LogP contribution in [0.5, 0.6) is 0 Å². The van der Waals surface area contributed by atoms with Gasteiger partial charge in [0.1, 0.15) is 0 Å². The average Bonchev–Trinajstić information content (AvgIpc) is 3.19. The first-order valence-corrected chi connectivity index (χ1v) is 8.93. The number of rotatable bonds is 6. The molecule has 0 spiro atoms. The predicted octanol–water partition coefficient (Wildman–Crippen LogP) is 3.93. The van der Waals surface area contributed by atoms with E-state index in [1.807, 2.05) is 65.7 Å². The Labute approximate surface area is 149 Å². The van der Waals surface area contributed by atoms with Crippen LogP contribution in [0, 0.1) is 0 Å². The van der Waals surface area contributed by atoms with Crippen LogP contribution in [0.15, 0.2) is 47.8 Å². The summed E-state index contributed by atoms with van der Waals surface area (Å²) >= 11 is 7.34. The number of carbonyl (C=O) groups excluding carboxylic acids is 1. The largest absolute Gasteiger partial charge is 0.348 e. The monoisotopic (exact) mass is 360 g/mol. The van der Waals surface area contributed by atoms with Gasteiger partial charge in [-0.05, 0) is 43.3 Å². The lowest BCUT2D eigenvalue weighted by Crippen LogP contribution is -2.09. The molecular formula is C17H17ClN4OS. The van der Waals surface area contributed by atoms with Crippen molar-refractivity contribution >= 4 is 29.1 Å². The van der Waals surface area contributed by atoms with E-state index < -0.39 is 0 Å². The number of halogens is 1. The van der Waals surface area contributed by atoms with E-state index in [1.54, 1.807) is 0 Å². The minimum atomic E-state index is 0.0752. The van der Waals surface area contributed by atoms with Gasteiger partial charge in [-0.1, -0.05) is 23.4 Å². The second-order valence-corrected chi connectivity index (χ2v) is 6.65. The van der Waals surface area contributed by atoms with Crippen LogP contribution < -0.4 is 0 Å². The lowest BCUT2D eigenvalue weighted by atomic mass is 10.2. The molecule has 0 unspecified atom stereocenters. The maximum absolute atomic E-state index is 12.3. The van der Waals surface area contributed by atoms with Crippen LogP contribution in [-0.4, -0.2) is 30.9 Å². The quantitative estimate of drug-likeness (QED) is 0.493. The molecule has 2 heterocycles. The van der Waals surface area contributed by atoms with E-state index in [-0.39, 0.29) is 5.78 Å². The average molecular weight is 361 g/mol. The van der Waals surface area contributed by atoms with Crippen LogP contribution in [0.2, 0.25) is 5.02 Å². The molecule has 0 atom stereocenters. The van der Waals surface area contributed by atoms with Crippen LogP contribution >= 0.6 is 23.4 Å². The summed E-state index contributed by atoms with van der Waals surface area (Å²) in [6.45, 7) is 2.76. The summed E-state index contributed by atoms with van der Waals surface area (Å²) < 4.78 is 3.83. The molecule has 0 amide bonds. The van der Waals surface area contributed by atoms with Crippen molar-refractivity contribution in [3.05, 3.63) is 53.3 Å². The van der Waals surface area contributed by atoms with Gasteiger partial charge in [0, 0.05) is 30.4 Å². The van der Waals surface area contributed by atoms with Crippen molar-refractivity contribution in [2.45, 2.75) is 18.6 Å². The summed E-state index contributed by atoms with van der Waals surface area (Å²) in [7, 11) is 1.87. The van der Waals surface area contributed by atoms with E-state index in [1.165, 1.54) is 11.8 Å². The molecule has 0 aliphatic carbocycles. The SMILES string of the molecule is CCn1c(SCC(=O)c2cccn2C)nnc1-c1ccc(Cl)cc1. The molecule has 0 aliphatic rings. The molecule has 3 aromatic rings. The van der Waals surface area contributed by atoms with Crippen LogP contribution in [0.4, 0.5) is 0 Å². The molecule has 2 aromatic heterocycles. The van der Waals surface area contributed by atoms with E-state index in [4.69, 9.17) is 11.6 Å². The molecule has 24 heavy (non-hydrogen) atoms. The molecule has 0 bridgehead atoms. The highest BCUT2D eigenvalue weighted by atomic mass is 35.5. The number of Topliss-reactive ketones (excluding diaryl/α,β-unsaturated/α-hetero) is 1. The Hall–Kier alpha value is -2.05. The van der Waals surface area contributed by atoms with Crippen LogP contribution in [0.3, 0.4) is 0 Å². The number of ketones is 1. The summed E-state index contributed by atoms with van der Waals surface area (Å²) in [6, 6.07) is 11.2. The molecule has 0 aliphatic heterocycles. The van der Waals surface area contributed by atoms with Crippen molar-refractivity contribution in [1.82, 2.24) is 19.3 Å². The molecule has 7 heteroatoms.